The van der Waals surface area contributed by atoms with E-state index in [0.29, 0.717) is 26.2 Å². The smallest absolute Gasteiger partial charge is 0.339 e. The zero-order valence-electron chi connectivity index (χ0n) is 10.5. The van der Waals surface area contributed by atoms with Crippen molar-refractivity contribution < 1.29 is 19.4 Å². The predicted molar refractivity (Wildman–Crippen MR) is 63.6 cm³/mol. The molecule has 2 N–H and O–H groups in total. The number of amides is 1. The van der Waals surface area contributed by atoms with Crippen molar-refractivity contribution in [2.24, 2.45) is 7.05 Å². The van der Waals surface area contributed by atoms with Gasteiger partial charge < -0.3 is 15.2 Å². The Hall–Kier alpha value is -1.89. The molecule has 7 nitrogen and oxygen atoms in total. The maximum Gasteiger partial charge on any atom is 0.339 e. The van der Waals surface area contributed by atoms with E-state index < -0.39 is 11.9 Å². The van der Waals surface area contributed by atoms with E-state index in [0.717, 1.165) is 6.20 Å². The molecular weight excluding hydrogens is 238 g/mol. The number of carboxylic acids is 1. The predicted octanol–water partition coefficient (Wildman–Crippen LogP) is 0.275. The molecule has 0 saturated carbocycles. The molecule has 1 rings (SSSR count). The summed E-state index contributed by atoms with van der Waals surface area (Å²) >= 11 is 0. The van der Waals surface area contributed by atoms with Gasteiger partial charge in [-0.25, -0.2) is 4.79 Å². The van der Waals surface area contributed by atoms with Crippen LogP contribution in [0.3, 0.4) is 0 Å². The highest BCUT2D eigenvalue weighted by molar-refractivity contribution is 6.03. The van der Waals surface area contributed by atoms with Crippen LogP contribution in [0.25, 0.3) is 0 Å². The zero-order chi connectivity index (χ0) is 13.5. The van der Waals surface area contributed by atoms with Crippen molar-refractivity contribution in [2.75, 3.05) is 19.8 Å². The molecule has 0 unspecified atom stereocenters. The van der Waals surface area contributed by atoms with Crippen molar-refractivity contribution in [3.63, 3.8) is 0 Å². The minimum atomic E-state index is -1.16. The summed E-state index contributed by atoms with van der Waals surface area (Å²) in [4.78, 5) is 22.7. The van der Waals surface area contributed by atoms with Crippen LogP contribution in [0.4, 0.5) is 0 Å². The number of ether oxygens (including phenoxy) is 1. The molecule has 1 heterocycles. The molecule has 0 aliphatic carbocycles. The first-order chi connectivity index (χ1) is 8.57. The molecule has 0 spiro atoms. The van der Waals surface area contributed by atoms with Gasteiger partial charge in [-0.15, -0.1) is 0 Å². The van der Waals surface area contributed by atoms with Crippen LogP contribution in [-0.4, -0.2) is 46.5 Å². The monoisotopic (exact) mass is 255 g/mol. The number of carboxylic acid groups (broad SMARTS) is 1. The van der Waals surface area contributed by atoms with E-state index in [1.165, 1.54) is 11.7 Å². The summed E-state index contributed by atoms with van der Waals surface area (Å²) in [5.41, 5.74) is -0.0429. The van der Waals surface area contributed by atoms with Crippen LogP contribution in [-0.2, 0) is 11.8 Å². The van der Waals surface area contributed by atoms with E-state index in [1.807, 2.05) is 6.92 Å². The van der Waals surface area contributed by atoms with Gasteiger partial charge in [0.15, 0.2) is 0 Å². The van der Waals surface area contributed by atoms with E-state index in [1.54, 1.807) is 0 Å². The Bertz CT molecular complexity index is 428. The number of rotatable bonds is 7. The van der Waals surface area contributed by atoms with Crippen LogP contribution in [0.2, 0.25) is 0 Å². The third-order valence-corrected chi connectivity index (χ3v) is 2.34. The lowest BCUT2D eigenvalue weighted by atomic mass is 10.2. The lowest BCUT2D eigenvalue weighted by molar-refractivity contribution is 0.0690. The third-order valence-electron chi connectivity index (χ3n) is 2.34. The topological polar surface area (TPSA) is 93.4 Å². The first-order valence-electron chi connectivity index (χ1n) is 5.69. The molecule has 0 radical (unpaired) electrons. The summed E-state index contributed by atoms with van der Waals surface area (Å²) in [6, 6.07) is 0. The Balaban J connectivity index is 2.56. The molecule has 0 aliphatic rings. The van der Waals surface area contributed by atoms with Gasteiger partial charge in [0.1, 0.15) is 11.3 Å². The number of aryl methyl sites for hydroxylation is 1. The Morgan fingerprint density at radius 2 is 2.28 bits per heavy atom. The standard InChI is InChI=1S/C11H17N3O4/c1-3-18-6-4-5-12-10(15)9-8(11(16)17)7-13-14(9)2/h7H,3-6H2,1-2H3,(H,12,15)(H,16,17). The maximum absolute atomic E-state index is 11.8. The Labute approximate surface area is 105 Å². The Morgan fingerprint density at radius 3 is 2.89 bits per heavy atom. The van der Waals surface area contributed by atoms with Crippen molar-refractivity contribution in [2.45, 2.75) is 13.3 Å². The highest BCUT2D eigenvalue weighted by Gasteiger charge is 2.20. The van der Waals surface area contributed by atoms with Gasteiger partial charge in [-0.2, -0.15) is 5.10 Å². The molecule has 1 aromatic heterocycles. The van der Waals surface area contributed by atoms with Gasteiger partial charge in [-0.1, -0.05) is 0 Å². The van der Waals surface area contributed by atoms with E-state index in [-0.39, 0.29) is 11.3 Å². The fourth-order valence-corrected chi connectivity index (χ4v) is 1.47. The second kappa shape index (κ2) is 6.75. The van der Waals surface area contributed by atoms with Crippen LogP contribution >= 0.6 is 0 Å². The summed E-state index contributed by atoms with van der Waals surface area (Å²) in [5, 5.41) is 15.3. The number of carbonyl (C=O) groups is 2. The van der Waals surface area contributed by atoms with Crippen molar-refractivity contribution in [1.29, 1.82) is 0 Å². The van der Waals surface area contributed by atoms with Crippen LogP contribution in [0.15, 0.2) is 6.20 Å². The van der Waals surface area contributed by atoms with Crippen molar-refractivity contribution in [3.8, 4) is 0 Å². The molecule has 1 aromatic rings. The van der Waals surface area contributed by atoms with E-state index in [9.17, 15) is 9.59 Å². The quantitative estimate of drug-likeness (QED) is 0.682. The molecule has 0 fully saturated rings. The second-order valence-corrected chi connectivity index (χ2v) is 3.64. The molecule has 0 aliphatic heterocycles. The SMILES string of the molecule is CCOCCCNC(=O)c1c(C(=O)O)cnn1C. The molecule has 0 aromatic carbocycles. The van der Waals surface area contributed by atoms with Gasteiger partial charge in [0.25, 0.3) is 5.91 Å². The van der Waals surface area contributed by atoms with Crippen LogP contribution in [0, 0.1) is 0 Å². The number of nitrogens with one attached hydrogen (secondary N) is 1. The van der Waals surface area contributed by atoms with Crippen molar-refractivity contribution in [1.82, 2.24) is 15.1 Å². The second-order valence-electron chi connectivity index (χ2n) is 3.64. The van der Waals surface area contributed by atoms with Gasteiger partial charge >= 0.3 is 5.97 Å². The molecule has 0 atom stereocenters. The van der Waals surface area contributed by atoms with Gasteiger partial charge in [0, 0.05) is 26.8 Å². The van der Waals surface area contributed by atoms with Gasteiger partial charge in [0.05, 0.1) is 6.20 Å². The molecule has 7 heteroatoms. The van der Waals surface area contributed by atoms with Crippen LogP contribution < -0.4 is 5.32 Å². The minimum Gasteiger partial charge on any atom is -0.478 e. The van der Waals surface area contributed by atoms with Crippen LogP contribution in [0.5, 0.6) is 0 Å². The summed E-state index contributed by atoms with van der Waals surface area (Å²) in [5.74, 6) is -1.61. The Morgan fingerprint density at radius 1 is 1.56 bits per heavy atom. The fraction of sp³-hybridized carbons (Fsp3) is 0.545. The van der Waals surface area contributed by atoms with E-state index in [4.69, 9.17) is 9.84 Å². The van der Waals surface area contributed by atoms with Crippen LogP contribution in [0.1, 0.15) is 34.2 Å². The van der Waals surface area contributed by atoms with Gasteiger partial charge in [0.2, 0.25) is 0 Å². The number of hydrogen-bond donors (Lipinski definition) is 2. The lowest BCUT2D eigenvalue weighted by Crippen LogP contribution is -2.28. The fourth-order valence-electron chi connectivity index (χ4n) is 1.47. The highest BCUT2D eigenvalue weighted by Crippen LogP contribution is 2.07. The van der Waals surface area contributed by atoms with Gasteiger partial charge in [-0.3, -0.25) is 9.48 Å². The average Bonchev–Trinajstić information content (AvgIpc) is 2.71. The number of nitrogens with zero attached hydrogens (tertiary/aromatic N) is 2. The lowest BCUT2D eigenvalue weighted by Gasteiger charge is -2.06. The van der Waals surface area contributed by atoms with Crippen molar-refractivity contribution >= 4 is 11.9 Å². The molecule has 18 heavy (non-hydrogen) atoms. The number of aromatic carboxylic acids is 1. The molecule has 1 amide bonds. The summed E-state index contributed by atoms with van der Waals surface area (Å²) in [7, 11) is 1.53. The largest absolute Gasteiger partial charge is 0.478 e. The number of hydrogen-bond acceptors (Lipinski definition) is 4. The molecule has 0 bridgehead atoms. The first kappa shape index (κ1) is 14.2. The van der Waals surface area contributed by atoms with E-state index >= 15 is 0 Å². The normalized spacial score (nSPS) is 10.3. The number of carbonyl (C=O) groups excluding carboxylic acids is 1. The van der Waals surface area contributed by atoms with Gasteiger partial charge in [-0.05, 0) is 13.3 Å². The van der Waals surface area contributed by atoms with E-state index in [2.05, 4.69) is 10.4 Å². The summed E-state index contributed by atoms with van der Waals surface area (Å²) in [6.07, 6.45) is 1.84. The van der Waals surface area contributed by atoms with Crippen molar-refractivity contribution in [3.05, 3.63) is 17.5 Å². The summed E-state index contributed by atoms with van der Waals surface area (Å²) in [6.45, 7) is 3.53. The zero-order valence-corrected chi connectivity index (χ0v) is 10.5. The minimum absolute atomic E-state index is 0.0545. The number of aromatic nitrogens is 2. The first-order valence-corrected chi connectivity index (χ1v) is 5.69. The molecular formula is C11H17N3O4. The Kier molecular flexibility index (Phi) is 5.31. The molecule has 100 valence electrons. The third kappa shape index (κ3) is 3.56. The summed E-state index contributed by atoms with van der Waals surface area (Å²) < 4.78 is 6.38. The maximum atomic E-state index is 11.8. The molecule has 0 saturated heterocycles. The average molecular weight is 255 g/mol. The highest BCUT2D eigenvalue weighted by atomic mass is 16.5.